The van der Waals surface area contributed by atoms with Gasteiger partial charge in [-0.25, -0.2) is 4.79 Å². The van der Waals surface area contributed by atoms with E-state index in [0.717, 1.165) is 6.42 Å². The van der Waals surface area contributed by atoms with Gasteiger partial charge in [0, 0.05) is 12.5 Å². The Morgan fingerprint density at radius 3 is 3.07 bits per heavy atom. The van der Waals surface area contributed by atoms with Gasteiger partial charge in [-0.2, -0.15) is 0 Å². The van der Waals surface area contributed by atoms with Gasteiger partial charge in [-0.15, -0.1) is 0 Å². The lowest BCUT2D eigenvalue weighted by Gasteiger charge is -2.10. The van der Waals surface area contributed by atoms with Gasteiger partial charge in [-0.1, -0.05) is 5.16 Å². The summed E-state index contributed by atoms with van der Waals surface area (Å²) < 4.78 is 10.3. The number of hydrogen-bond donors (Lipinski definition) is 1. The Labute approximate surface area is 80.6 Å². The minimum atomic E-state index is -1.000. The summed E-state index contributed by atoms with van der Waals surface area (Å²) in [5.41, 5.74) is 0.146. The van der Waals surface area contributed by atoms with Crippen LogP contribution in [0.2, 0.25) is 0 Å². The maximum atomic E-state index is 10.8. The second-order valence-corrected chi connectivity index (χ2v) is 3.38. The molecule has 0 radical (unpaired) electrons. The summed E-state index contributed by atoms with van der Waals surface area (Å²) in [6, 6.07) is 0. The Bertz CT molecular complexity index is 346. The van der Waals surface area contributed by atoms with Gasteiger partial charge in [-0.3, -0.25) is 0 Å². The molecule has 5 nitrogen and oxygen atoms in total. The van der Waals surface area contributed by atoms with Crippen molar-refractivity contribution in [3.05, 3.63) is 17.5 Å². The molecule has 1 aromatic heterocycles. The summed E-state index contributed by atoms with van der Waals surface area (Å²) >= 11 is 0. The van der Waals surface area contributed by atoms with Gasteiger partial charge >= 0.3 is 5.97 Å². The number of hydrogen-bond acceptors (Lipinski definition) is 4. The lowest BCUT2D eigenvalue weighted by atomic mass is 9.97. The van der Waals surface area contributed by atoms with Crippen molar-refractivity contribution in [2.24, 2.45) is 0 Å². The van der Waals surface area contributed by atoms with Crippen molar-refractivity contribution in [3.8, 4) is 0 Å². The molecular weight excluding hydrogens is 186 g/mol. The van der Waals surface area contributed by atoms with Gasteiger partial charge in [-0.05, 0) is 13.3 Å². The Morgan fingerprint density at radius 1 is 1.71 bits per heavy atom. The quantitative estimate of drug-likeness (QED) is 0.772. The first kappa shape index (κ1) is 9.21. The lowest BCUT2D eigenvalue weighted by molar-refractivity contribution is 0.0691. The molecule has 1 fully saturated rings. The van der Waals surface area contributed by atoms with Crippen molar-refractivity contribution in [2.75, 3.05) is 6.61 Å². The van der Waals surface area contributed by atoms with Crippen LogP contribution in [0.15, 0.2) is 10.7 Å². The third kappa shape index (κ3) is 1.39. The number of carboxylic acids is 1. The van der Waals surface area contributed by atoms with Crippen LogP contribution in [0.25, 0.3) is 0 Å². The molecule has 2 heterocycles. The fourth-order valence-electron chi connectivity index (χ4n) is 1.75. The number of aromatic carboxylic acids is 1. The predicted octanol–water partition coefficient (Wildman–Crippen LogP) is 1.27. The molecule has 0 spiro atoms. The number of carbonyl (C=O) groups is 1. The highest BCUT2D eigenvalue weighted by atomic mass is 16.5. The molecular formula is C9H11NO4. The van der Waals surface area contributed by atoms with E-state index in [2.05, 4.69) is 5.16 Å². The number of aromatic nitrogens is 1. The van der Waals surface area contributed by atoms with Gasteiger partial charge in [0.1, 0.15) is 5.56 Å². The molecule has 2 rings (SSSR count). The second-order valence-electron chi connectivity index (χ2n) is 3.38. The molecule has 2 unspecified atom stereocenters. The summed E-state index contributed by atoms with van der Waals surface area (Å²) in [5.74, 6) is -0.550. The van der Waals surface area contributed by atoms with Crippen molar-refractivity contribution >= 4 is 5.97 Å². The third-order valence-electron chi connectivity index (χ3n) is 2.54. The van der Waals surface area contributed by atoms with Crippen LogP contribution in [0.3, 0.4) is 0 Å². The van der Waals surface area contributed by atoms with Gasteiger partial charge in [0.25, 0.3) is 0 Å². The van der Waals surface area contributed by atoms with Crippen molar-refractivity contribution in [1.82, 2.24) is 5.16 Å². The molecule has 0 aromatic carbocycles. The molecule has 1 aliphatic heterocycles. The molecule has 1 aromatic rings. The lowest BCUT2D eigenvalue weighted by Crippen LogP contribution is -2.11. The standard InChI is InChI=1S/C9H11NO4/c1-5-6(2-3-13-5)8-7(9(11)12)4-10-14-8/h4-6H,2-3H2,1H3,(H,11,12). The van der Waals surface area contributed by atoms with Crippen LogP contribution >= 0.6 is 0 Å². The van der Waals surface area contributed by atoms with Gasteiger partial charge in [0.15, 0.2) is 5.76 Å². The van der Waals surface area contributed by atoms with Crippen molar-refractivity contribution in [3.63, 3.8) is 0 Å². The van der Waals surface area contributed by atoms with Gasteiger partial charge in [0.2, 0.25) is 0 Å². The monoisotopic (exact) mass is 197 g/mol. The Morgan fingerprint density at radius 2 is 2.50 bits per heavy atom. The zero-order valence-corrected chi connectivity index (χ0v) is 7.77. The first-order valence-corrected chi connectivity index (χ1v) is 4.49. The summed E-state index contributed by atoms with van der Waals surface area (Å²) in [5, 5.41) is 12.4. The molecule has 1 N–H and O–H groups in total. The van der Waals surface area contributed by atoms with E-state index in [4.69, 9.17) is 14.4 Å². The summed E-state index contributed by atoms with van der Waals surface area (Å²) in [7, 11) is 0. The summed E-state index contributed by atoms with van der Waals surface area (Å²) in [6.07, 6.45) is 2.03. The van der Waals surface area contributed by atoms with E-state index in [0.29, 0.717) is 12.4 Å². The summed E-state index contributed by atoms with van der Waals surface area (Å²) in [6.45, 7) is 2.55. The molecule has 5 heteroatoms. The van der Waals surface area contributed by atoms with Crippen molar-refractivity contribution < 1.29 is 19.2 Å². The smallest absolute Gasteiger partial charge is 0.340 e. The maximum Gasteiger partial charge on any atom is 0.340 e. The Kier molecular flexibility index (Phi) is 2.25. The van der Waals surface area contributed by atoms with Crippen LogP contribution in [0, 0.1) is 0 Å². The second kappa shape index (κ2) is 3.42. The van der Waals surface area contributed by atoms with Crippen LogP contribution < -0.4 is 0 Å². The highest BCUT2D eigenvalue weighted by Crippen LogP contribution is 2.32. The zero-order valence-electron chi connectivity index (χ0n) is 7.77. The highest BCUT2D eigenvalue weighted by Gasteiger charge is 2.32. The molecule has 0 aliphatic carbocycles. The van der Waals surface area contributed by atoms with Crippen LogP contribution in [0.4, 0.5) is 0 Å². The van der Waals surface area contributed by atoms with Crippen molar-refractivity contribution in [2.45, 2.75) is 25.4 Å². The molecule has 1 aliphatic rings. The van der Waals surface area contributed by atoms with Crippen LogP contribution in [-0.2, 0) is 4.74 Å². The maximum absolute atomic E-state index is 10.8. The highest BCUT2D eigenvalue weighted by molar-refractivity contribution is 5.88. The predicted molar refractivity (Wildman–Crippen MR) is 46.2 cm³/mol. The van der Waals surface area contributed by atoms with E-state index in [1.807, 2.05) is 6.92 Å². The fourth-order valence-corrected chi connectivity index (χ4v) is 1.75. The molecule has 0 amide bonds. The minimum Gasteiger partial charge on any atom is -0.478 e. The van der Waals surface area contributed by atoms with E-state index in [9.17, 15) is 4.79 Å². The van der Waals surface area contributed by atoms with Gasteiger partial charge in [0.05, 0.1) is 12.3 Å². The van der Waals surface area contributed by atoms with Crippen LogP contribution in [0.1, 0.15) is 35.4 Å². The third-order valence-corrected chi connectivity index (χ3v) is 2.54. The molecule has 1 saturated heterocycles. The molecule has 0 saturated carbocycles. The number of ether oxygens (including phenoxy) is 1. The summed E-state index contributed by atoms with van der Waals surface area (Å²) in [4.78, 5) is 10.8. The van der Waals surface area contributed by atoms with E-state index in [-0.39, 0.29) is 17.6 Å². The molecule has 14 heavy (non-hydrogen) atoms. The molecule has 76 valence electrons. The average Bonchev–Trinajstić information content (AvgIpc) is 2.70. The van der Waals surface area contributed by atoms with Crippen molar-refractivity contribution in [1.29, 1.82) is 0 Å². The van der Waals surface area contributed by atoms with E-state index < -0.39 is 5.97 Å². The molecule has 0 bridgehead atoms. The fraction of sp³-hybridized carbons (Fsp3) is 0.556. The van der Waals surface area contributed by atoms with E-state index in [1.54, 1.807) is 0 Å². The Hall–Kier alpha value is -1.36. The minimum absolute atomic E-state index is 0.000972. The molecule has 2 atom stereocenters. The normalized spacial score (nSPS) is 26.6. The van der Waals surface area contributed by atoms with E-state index in [1.165, 1.54) is 6.20 Å². The topological polar surface area (TPSA) is 72.6 Å². The number of rotatable bonds is 2. The number of nitrogens with zero attached hydrogens (tertiary/aromatic N) is 1. The first-order chi connectivity index (χ1) is 6.70. The SMILES string of the molecule is CC1OCCC1c1oncc1C(=O)O. The van der Waals surface area contributed by atoms with Gasteiger partial charge < -0.3 is 14.4 Å². The Balaban J connectivity index is 2.31. The average molecular weight is 197 g/mol. The zero-order chi connectivity index (χ0) is 10.1. The first-order valence-electron chi connectivity index (χ1n) is 4.49. The van der Waals surface area contributed by atoms with Crippen LogP contribution in [-0.4, -0.2) is 28.9 Å². The number of carboxylic acid groups (broad SMARTS) is 1. The van der Waals surface area contributed by atoms with Crippen LogP contribution in [0.5, 0.6) is 0 Å². The van der Waals surface area contributed by atoms with E-state index >= 15 is 0 Å². The largest absolute Gasteiger partial charge is 0.478 e.